The van der Waals surface area contributed by atoms with Gasteiger partial charge in [0.25, 0.3) is 0 Å². The number of hydrogen-bond donors (Lipinski definition) is 1. The Morgan fingerprint density at radius 1 is 1.00 bits per heavy atom. The molecule has 2 heteroatoms. The van der Waals surface area contributed by atoms with E-state index in [1.807, 2.05) is 0 Å². The van der Waals surface area contributed by atoms with Crippen LogP contribution in [0.2, 0.25) is 0 Å². The van der Waals surface area contributed by atoms with Crippen molar-refractivity contribution in [2.24, 2.45) is 5.41 Å². The van der Waals surface area contributed by atoms with Crippen LogP contribution in [0.4, 0.5) is 0 Å². The molecule has 0 bridgehead atoms. The molecule has 0 aromatic rings. The van der Waals surface area contributed by atoms with Gasteiger partial charge in [-0.25, -0.2) is 0 Å². The molecule has 2 aliphatic rings. The second-order valence-corrected chi connectivity index (χ2v) is 6.86. The fourth-order valence-corrected chi connectivity index (χ4v) is 3.62. The first-order chi connectivity index (χ1) is 8.08. The molecule has 2 unspecified atom stereocenters. The first-order valence-electron chi connectivity index (χ1n) is 7.51. The zero-order valence-electron chi connectivity index (χ0n) is 11.6. The average Bonchev–Trinajstić information content (AvgIpc) is 2.22. The van der Waals surface area contributed by atoms with Crippen molar-refractivity contribution >= 4 is 0 Å². The fourth-order valence-electron chi connectivity index (χ4n) is 3.62. The van der Waals surface area contributed by atoms with Gasteiger partial charge in [-0.05, 0) is 37.6 Å². The van der Waals surface area contributed by atoms with Crippen LogP contribution in [-0.4, -0.2) is 35.2 Å². The van der Waals surface area contributed by atoms with E-state index in [1.165, 1.54) is 58.0 Å². The van der Waals surface area contributed by atoms with Gasteiger partial charge in [-0.3, -0.25) is 4.90 Å². The Labute approximate surface area is 106 Å². The molecule has 0 amide bonds. The number of hydrogen-bond acceptors (Lipinski definition) is 2. The summed E-state index contributed by atoms with van der Waals surface area (Å²) in [6, 6.07) is 0.440. The molecule has 1 heterocycles. The van der Waals surface area contributed by atoms with Gasteiger partial charge in [0.05, 0.1) is 6.10 Å². The summed E-state index contributed by atoms with van der Waals surface area (Å²) < 4.78 is 0. The van der Waals surface area contributed by atoms with Gasteiger partial charge >= 0.3 is 0 Å². The van der Waals surface area contributed by atoms with E-state index in [0.29, 0.717) is 11.5 Å². The van der Waals surface area contributed by atoms with Crippen LogP contribution in [-0.2, 0) is 0 Å². The van der Waals surface area contributed by atoms with Gasteiger partial charge in [0, 0.05) is 12.6 Å². The average molecular weight is 239 g/mol. The predicted molar refractivity (Wildman–Crippen MR) is 72.1 cm³/mol. The highest BCUT2D eigenvalue weighted by atomic mass is 16.3. The van der Waals surface area contributed by atoms with E-state index in [0.717, 1.165) is 6.42 Å². The number of rotatable bonds is 1. The van der Waals surface area contributed by atoms with Crippen LogP contribution in [0.5, 0.6) is 0 Å². The van der Waals surface area contributed by atoms with E-state index in [1.54, 1.807) is 0 Å². The van der Waals surface area contributed by atoms with Crippen molar-refractivity contribution in [3.63, 3.8) is 0 Å². The summed E-state index contributed by atoms with van der Waals surface area (Å²) in [5.74, 6) is 0. The highest BCUT2D eigenvalue weighted by Crippen LogP contribution is 2.32. The Morgan fingerprint density at radius 2 is 1.71 bits per heavy atom. The molecular formula is C15H29NO. The van der Waals surface area contributed by atoms with Crippen molar-refractivity contribution in [2.45, 2.75) is 77.4 Å². The van der Waals surface area contributed by atoms with Crippen molar-refractivity contribution in [1.29, 1.82) is 0 Å². The highest BCUT2D eigenvalue weighted by molar-refractivity contribution is 4.87. The summed E-state index contributed by atoms with van der Waals surface area (Å²) in [5.41, 5.74) is 0.445. The standard InChI is InChI=1S/C15H29NO/c1-15(2)10-7-11-16(12-15)13-8-5-3-4-6-9-14(13)17/h13-14,17H,3-12H2,1-2H3. The fraction of sp³-hybridized carbons (Fsp3) is 1.00. The minimum atomic E-state index is -0.0794. The zero-order chi connectivity index (χ0) is 12.3. The van der Waals surface area contributed by atoms with Gasteiger partial charge in [0.2, 0.25) is 0 Å². The molecule has 17 heavy (non-hydrogen) atoms. The van der Waals surface area contributed by atoms with E-state index in [4.69, 9.17) is 0 Å². The SMILES string of the molecule is CC1(C)CCCN(C2CCCCCCC2O)C1. The Kier molecular flexibility index (Phi) is 4.48. The molecule has 2 rings (SSSR count). The molecule has 0 spiro atoms. The first kappa shape index (κ1) is 13.4. The van der Waals surface area contributed by atoms with Gasteiger partial charge < -0.3 is 5.11 Å². The molecule has 0 aromatic heterocycles. The van der Waals surface area contributed by atoms with Gasteiger partial charge in [-0.2, -0.15) is 0 Å². The Hall–Kier alpha value is -0.0800. The van der Waals surface area contributed by atoms with Crippen molar-refractivity contribution in [2.75, 3.05) is 13.1 Å². The lowest BCUT2D eigenvalue weighted by molar-refractivity contribution is -0.00566. The summed E-state index contributed by atoms with van der Waals surface area (Å²) >= 11 is 0. The highest BCUT2D eigenvalue weighted by Gasteiger charge is 2.33. The van der Waals surface area contributed by atoms with Crippen LogP contribution < -0.4 is 0 Å². The smallest absolute Gasteiger partial charge is 0.0695 e. The van der Waals surface area contributed by atoms with Crippen molar-refractivity contribution in [1.82, 2.24) is 4.90 Å². The van der Waals surface area contributed by atoms with Crippen LogP contribution in [0.15, 0.2) is 0 Å². The van der Waals surface area contributed by atoms with Crippen molar-refractivity contribution in [3.8, 4) is 0 Å². The lowest BCUT2D eigenvalue weighted by atomic mass is 9.82. The molecule has 1 N–H and O–H groups in total. The molecular weight excluding hydrogens is 210 g/mol. The molecule has 1 saturated heterocycles. The van der Waals surface area contributed by atoms with Crippen molar-refractivity contribution < 1.29 is 5.11 Å². The summed E-state index contributed by atoms with van der Waals surface area (Å²) in [6.07, 6.45) is 9.98. The quantitative estimate of drug-likeness (QED) is 0.759. The van der Waals surface area contributed by atoms with Crippen LogP contribution in [0.3, 0.4) is 0 Å². The summed E-state index contributed by atoms with van der Waals surface area (Å²) in [4.78, 5) is 2.58. The lowest BCUT2D eigenvalue weighted by Gasteiger charge is -2.44. The van der Waals surface area contributed by atoms with E-state index >= 15 is 0 Å². The number of aliphatic hydroxyl groups is 1. The topological polar surface area (TPSA) is 23.5 Å². The molecule has 1 aliphatic heterocycles. The van der Waals surface area contributed by atoms with Crippen LogP contribution in [0.25, 0.3) is 0 Å². The summed E-state index contributed by atoms with van der Waals surface area (Å²) in [7, 11) is 0. The van der Waals surface area contributed by atoms with Crippen molar-refractivity contribution in [3.05, 3.63) is 0 Å². The summed E-state index contributed by atoms with van der Waals surface area (Å²) in [6.45, 7) is 7.11. The maximum absolute atomic E-state index is 10.4. The third-order valence-corrected chi connectivity index (χ3v) is 4.59. The largest absolute Gasteiger partial charge is 0.391 e. The second-order valence-electron chi connectivity index (χ2n) is 6.86. The van der Waals surface area contributed by atoms with Crippen LogP contribution in [0, 0.1) is 5.41 Å². The third kappa shape index (κ3) is 3.69. The monoisotopic (exact) mass is 239 g/mol. The van der Waals surface area contributed by atoms with E-state index in [-0.39, 0.29) is 6.10 Å². The van der Waals surface area contributed by atoms with E-state index in [9.17, 15) is 5.11 Å². The Morgan fingerprint density at radius 3 is 2.41 bits per heavy atom. The summed E-state index contributed by atoms with van der Waals surface area (Å²) in [5, 5.41) is 10.4. The predicted octanol–water partition coefficient (Wildman–Crippen LogP) is 3.19. The molecule has 2 nitrogen and oxygen atoms in total. The van der Waals surface area contributed by atoms with Gasteiger partial charge in [0.1, 0.15) is 0 Å². The second kappa shape index (κ2) is 5.71. The Balaban J connectivity index is 1.97. The van der Waals surface area contributed by atoms with Gasteiger partial charge in [0.15, 0.2) is 0 Å². The molecule has 2 atom stereocenters. The van der Waals surface area contributed by atoms with Gasteiger partial charge in [-0.1, -0.05) is 39.5 Å². The molecule has 0 aromatic carbocycles. The minimum absolute atomic E-state index is 0.0794. The number of aliphatic hydroxyl groups excluding tert-OH is 1. The number of nitrogens with zero attached hydrogens (tertiary/aromatic N) is 1. The molecule has 100 valence electrons. The lowest BCUT2D eigenvalue weighted by Crippen LogP contribution is -2.50. The molecule has 0 radical (unpaired) electrons. The number of piperidine rings is 1. The molecule has 1 aliphatic carbocycles. The van der Waals surface area contributed by atoms with Crippen LogP contribution in [0.1, 0.15) is 65.2 Å². The first-order valence-corrected chi connectivity index (χ1v) is 7.51. The number of likely N-dealkylation sites (tertiary alicyclic amines) is 1. The van der Waals surface area contributed by atoms with E-state index in [2.05, 4.69) is 18.7 Å². The zero-order valence-corrected chi connectivity index (χ0v) is 11.6. The molecule has 1 saturated carbocycles. The van der Waals surface area contributed by atoms with Gasteiger partial charge in [-0.15, -0.1) is 0 Å². The normalized spacial score (nSPS) is 36.2. The maximum Gasteiger partial charge on any atom is 0.0695 e. The van der Waals surface area contributed by atoms with Crippen LogP contribution >= 0.6 is 0 Å². The maximum atomic E-state index is 10.4. The minimum Gasteiger partial charge on any atom is -0.391 e. The molecule has 2 fully saturated rings. The van der Waals surface area contributed by atoms with E-state index < -0.39 is 0 Å². The third-order valence-electron chi connectivity index (χ3n) is 4.59. The Bertz CT molecular complexity index is 239.